The summed E-state index contributed by atoms with van der Waals surface area (Å²) in [5.41, 5.74) is 1.84. The fourth-order valence-electron chi connectivity index (χ4n) is 4.36. The molecule has 2 aromatic heterocycles. The molecule has 3 aromatic rings. The first kappa shape index (κ1) is 23.3. The summed E-state index contributed by atoms with van der Waals surface area (Å²) >= 11 is 0. The highest BCUT2D eigenvalue weighted by atomic mass is 16.4. The first-order valence-corrected chi connectivity index (χ1v) is 11.5. The molecule has 1 aliphatic carbocycles. The van der Waals surface area contributed by atoms with Crippen LogP contribution in [-0.4, -0.2) is 40.6 Å². The third-order valence-corrected chi connectivity index (χ3v) is 6.25. The first-order chi connectivity index (χ1) is 16.5. The number of rotatable bonds is 7. The van der Waals surface area contributed by atoms with Gasteiger partial charge in [-0.2, -0.15) is 5.10 Å². The number of benzene rings is 1. The van der Waals surface area contributed by atoms with Gasteiger partial charge in [0.1, 0.15) is 17.5 Å². The first-order valence-electron chi connectivity index (χ1n) is 11.5. The molecule has 9 heteroatoms. The lowest BCUT2D eigenvalue weighted by molar-refractivity contribution is -0.124. The van der Waals surface area contributed by atoms with E-state index in [-0.39, 0.29) is 23.5 Å². The second-order valence-corrected chi connectivity index (χ2v) is 8.50. The standard InChI is InChI=1S/C25H29N5O4/c1-26-25(33)22(17-6-4-3-5-7-17)29-24(32)21-13-12-20(34-21)16-8-10-18(11-9-16)28-23(31)19-14-15-27-30(19)2/h8-15,17,22H,3-7H2,1-2H3,(H,26,33)(H,28,31)(H,29,32)/t22-/m0/s1. The summed E-state index contributed by atoms with van der Waals surface area (Å²) in [6.07, 6.45) is 6.71. The monoisotopic (exact) mass is 463 g/mol. The van der Waals surface area contributed by atoms with Gasteiger partial charge in [-0.25, -0.2) is 0 Å². The van der Waals surface area contributed by atoms with E-state index in [9.17, 15) is 14.4 Å². The molecule has 0 unspecified atom stereocenters. The van der Waals surface area contributed by atoms with Crippen LogP contribution in [0.3, 0.4) is 0 Å². The van der Waals surface area contributed by atoms with Crippen molar-refractivity contribution in [1.29, 1.82) is 0 Å². The minimum Gasteiger partial charge on any atom is -0.451 e. The summed E-state index contributed by atoms with van der Waals surface area (Å²) < 4.78 is 7.29. The highest BCUT2D eigenvalue weighted by Gasteiger charge is 2.31. The predicted octanol–water partition coefficient (Wildman–Crippen LogP) is 3.36. The van der Waals surface area contributed by atoms with Gasteiger partial charge < -0.3 is 20.4 Å². The van der Waals surface area contributed by atoms with Gasteiger partial charge in [0.25, 0.3) is 11.8 Å². The van der Waals surface area contributed by atoms with Crippen molar-refractivity contribution in [2.45, 2.75) is 38.1 Å². The molecule has 0 radical (unpaired) electrons. The van der Waals surface area contributed by atoms with E-state index in [4.69, 9.17) is 4.42 Å². The van der Waals surface area contributed by atoms with Crippen molar-refractivity contribution in [3.05, 3.63) is 60.1 Å². The average Bonchev–Trinajstić information content (AvgIpc) is 3.52. The molecule has 2 heterocycles. The summed E-state index contributed by atoms with van der Waals surface area (Å²) in [5.74, 6) is -0.0621. The number of nitrogens with one attached hydrogen (secondary N) is 3. The Morgan fingerprint density at radius 2 is 1.74 bits per heavy atom. The maximum atomic E-state index is 12.8. The molecule has 0 spiro atoms. The number of amides is 3. The second-order valence-electron chi connectivity index (χ2n) is 8.50. The van der Waals surface area contributed by atoms with Gasteiger partial charge in [0.2, 0.25) is 5.91 Å². The molecule has 3 amide bonds. The minimum atomic E-state index is -0.575. The predicted molar refractivity (Wildman–Crippen MR) is 127 cm³/mol. The Morgan fingerprint density at radius 1 is 1.00 bits per heavy atom. The number of likely N-dealkylation sites (N-methyl/N-ethyl adjacent to an activating group) is 1. The maximum absolute atomic E-state index is 12.8. The summed E-state index contributed by atoms with van der Waals surface area (Å²) in [4.78, 5) is 37.6. The molecular weight excluding hydrogens is 434 g/mol. The Hall–Kier alpha value is -3.88. The molecule has 0 bridgehead atoms. The number of hydrogen-bond donors (Lipinski definition) is 3. The number of carbonyl (C=O) groups is 3. The molecule has 1 saturated carbocycles. The minimum absolute atomic E-state index is 0.126. The fraction of sp³-hybridized carbons (Fsp3) is 0.360. The molecule has 1 aromatic carbocycles. The number of aryl methyl sites for hydroxylation is 1. The van der Waals surface area contributed by atoms with Crippen LogP contribution in [0.5, 0.6) is 0 Å². The summed E-state index contributed by atoms with van der Waals surface area (Å²) in [7, 11) is 3.28. The van der Waals surface area contributed by atoms with Crippen LogP contribution in [0, 0.1) is 5.92 Å². The summed E-state index contributed by atoms with van der Waals surface area (Å²) in [5, 5.41) is 12.4. The van der Waals surface area contributed by atoms with Crippen molar-refractivity contribution in [2.24, 2.45) is 13.0 Å². The fourth-order valence-corrected chi connectivity index (χ4v) is 4.36. The Balaban J connectivity index is 1.41. The van der Waals surface area contributed by atoms with Crippen LogP contribution in [0.15, 0.2) is 53.1 Å². The largest absolute Gasteiger partial charge is 0.451 e. The van der Waals surface area contributed by atoms with Crippen molar-refractivity contribution in [3.8, 4) is 11.3 Å². The number of anilines is 1. The topological polar surface area (TPSA) is 118 Å². The van der Waals surface area contributed by atoms with Crippen LogP contribution < -0.4 is 16.0 Å². The third-order valence-electron chi connectivity index (χ3n) is 6.25. The van der Waals surface area contributed by atoms with Crippen LogP contribution in [0.1, 0.15) is 53.1 Å². The van der Waals surface area contributed by atoms with Crippen molar-refractivity contribution in [2.75, 3.05) is 12.4 Å². The SMILES string of the molecule is CNC(=O)[C@@H](NC(=O)c1ccc(-c2ccc(NC(=O)c3ccnn3C)cc2)o1)C1CCCCC1. The van der Waals surface area contributed by atoms with Crippen LogP contribution in [0.2, 0.25) is 0 Å². The Morgan fingerprint density at radius 3 is 2.38 bits per heavy atom. The lowest BCUT2D eigenvalue weighted by Crippen LogP contribution is -2.50. The van der Waals surface area contributed by atoms with Gasteiger partial charge in [0.05, 0.1) is 0 Å². The van der Waals surface area contributed by atoms with Crippen molar-refractivity contribution in [1.82, 2.24) is 20.4 Å². The van der Waals surface area contributed by atoms with E-state index < -0.39 is 11.9 Å². The molecule has 9 nitrogen and oxygen atoms in total. The molecule has 1 atom stereocenters. The van der Waals surface area contributed by atoms with Gasteiger partial charge in [-0.05, 0) is 61.2 Å². The van der Waals surface area contributed by atoms with E-state index in [0.717, 1.165) is 37.7 Å². The molecular formula is C25H29N5O4. The van der Waals surface area contributed by atoms with Crippen LogP contribution in [0.4, 0.5) is 5.69 Å². The Labute approximate surface area is 197 Å². The molecule has 178 valence electrons. The van der Waals surface area contributed by atoms with E-state index >= 15 is 0 Å². The molecule has 1 fully saturated rings. The summed E-state index contributed by atoms with van der Waals surface area (Å²) in [6, 6.07) is 11.5. The van der Waals surface area contributed by atoms with Crippen LogP contribution in [0.25, 0.3) is 11.3 Å². The quantitative estimate of drug-likeness (QED) is 0.497. The zero-order chi connectivity index (χ0) is 24.1. The Kier molecular flexibility index (Phi) is 7.10. The van der Waals surface area contributed by atoms with Gasteiger partial charge >= 0.3 is 0 Å². The van der Waals surface area contributed by atoms with E-state index in [1.165, 1.54) is 4.68 Å². The zero-order valence-corrected chi connectivity index (χ0v) is 19.3. The summed E-state index contributed by atoms with van der Waals surface area (Å²) in [6.45, 7) is 0. The van der Waals surface area contributed by atoms with E-state index in [1.54, 1.807) is 62.8 Å². The second kappa shape index (κ2) is 10.4. The normalized spacial score (nSPS) is 14.9. The van der Waals surface area contributed by atoms with Gasteiger partial charge in [-0.1, -0.05) is 19.3 Å². The average molecular weight is 464 g/mol. The molecule has 3 N–H and O–H groups in total. The van der Waals surface area contributed by atoms with Crippen molar-refractivity contribution in [3.63, 3.8) is 0 Å². The van der Waals surface area contributed by atoms with Crippen LogP contribution in [-0.2, 0) is 11.8 Å². The molecule has 0 saturated heterocycles. The smallest absolute Gasteiger partial charge is 0.287 e. The van der Waals surface area contributed by atoms with Gasteiger partial charge in [-0.15, -0.1) is 0 Å². The molecule has 34 heavy (non-hydrogen) atoms. The molecule has 0 aliphatic heterocycles. The lowest BCUT2D eigenvalue weighted by atomic mass is 9.83. The van der Waals surface area contributed by atoms with Crippen molar-refractivity contribution < 1.29 is 18.8 Å². The molecule has 1 aliphatic rings. The van der Waals surface area contributed by atoms with Crippen LogP contribution >= 0.6 is 0 Å². The number of carbonyl (C=O) groups excluding carboxylic acids is 3. The maximum Gasteiger partial charge on any atom is 0.287 e. The van der Waals surface area contributed by atoms with E-state index in [2.05, 4.69) is 21.0 Å². The lowest BCUT2D eigenvalue weighted by Gasteiger charge is -2.29. The highest BCUT2D eigenvalue weighted by Crippen LogP contribution is 2.28. The number of aromatic nitrogens is 2. The van der Waals surface area contributed by atoms with Crippen molar-refractivity contribution >= 4 is 23.4 Å². The van der Waals surface area contributed by atoms with E-state index in [0.29, 0.717) is 17.1 Å². The number of hydrogen-bond acceptors (Lipinski definition) is 5. The Bertz CT molecular complexity index is 1160. The van der Waals surface area contributed by atoms with Gasteiger partial charge in [-0.3, -0.25) is 19.1 Å². The van der Waals surface area contributed by atoms with E-state index in [1.807, 2.05) is 0 Å². The number of furan rings is 1. The molecule has 4 rings (SSSR count). The van der Waals surface area contributed by atoms with Gasteiger partial charge in [0, 0.05) is 31.5 Å². The highest BCUT2D eigenvalue weighted by molar-refractivity contribution is 6.03. The third kappa shape index (κ3) is 5.19. The zero-order valence-electron chi connectivity index (χ0n) is 19.3. The van der Waals surface area contributed by atoms with Gasteiger partial charge in [0.15, 0.2) is 5.76 Å². The number of nitrogens with zero attached hydrogens (tertiary/aromatic N) is 2.